The van der Waals surface area contributed by atoms with E-state index in [9.17, 15) is 44.7 Å². The zero-order valence-electron chi connectivity index (χ0n) is 30.9. The van der Waals surface area contributed by atoms with E-state index in [1.165, 1.54) is 24.5 Å². The molecule has 8 rings (SSSR count). The van der Waals surface area contributed by atoms with Gasteiger partial charge in [-0.1, -0.05) is 42.5 Å². The lowest BCUT2D eigenvalue weighted by atomic mass is 9.79. The van der Waals surface area contributed by atoms with Crippen molar-refractivity contribution in [2.45, 2.75) is 73.6 Å². The number of nitrogens with two attached hydrogens (primary N) is 1. The van der Waals surface area contributed by atoms with Gasteiger partial charge in [-0.3, -0.25) is 30.8 Å². The van der Waals surface area contributed by atoms with Gasteiger partial charge in [-0.2, -0.15) is 0 Å². The number of nitrogens with zero attached hydrogens (tertiary/aromatic N) is 1. The van der Waals surface area contributed by atoms with Crippen molar-refractivity contribution in [3.05, 3.63) is 100 Å². The third-order valence-electron chi connectivity index (χ3n) is 11.2. The van der Waals surface area contributed by atoms with Crippen LogP contribution in [0.3, 0.4) is 0 Å². The van der Waals surface area contributed by atoms with Crippen molar-refractivity contribution in [1.82, 2.24) is 16.0 Å². The Labute approximate surface area is 331 Å². The van der Waals surface area contributed by atoms with Crippen LogP contribution in [0, 0.1) is 0 Å². The maximum absolute atomic E-state index is 14.5. The number of amides is 1. The Hall–Kier alpha value is -5.28. The summed E-state index contributed by atoms with van der Waals surface area (Å²) in [5.74, 6) is -3.02. The third-order valence-corrected chi connectivity index (χ3v) is 11.2. The quantitative estimate of drug-likeness (QED) is 0.0865. The second-order valence-corrected chi connectivity index (χ2v) is 14.7. The standard InChI is InChI=1S/C40H43N5O13/c41-39-43-36-29(37(53)44-39)42-18-45(36)26-8-4-3-5-21(26)20-10-14-55-17-27-32(51)35(52)40(54,11-13-47)38(57-27)58-33-24(20)15-25-28(34(33)56-16-19(48)9-12-46)31(50)23-7-2-1-6-22(23)30(25)49/h1-8,10,12,14-15,19-20,27,29,32,35-36,38-39,42-43,47-48,51-52,54H,9,11,13,16-18,41H2,(H,44,53). The summed E-state index contributed by atoms with van der Waals surface area (Å²) in [6.07, 6.45) is -7.04. The van der Waals surface area contributed by atoms with Crippen LogP contribution in [0.1, 0.15) is 61.7 Å². The zero-order valence-corrected chi connectivity index (χ0v) is 30.9. The van der Waals surface area contributed by atoms with Gasteiger partial charge in [0, 0.05) is 53.3 Å². The van der Waals surface area contributed by atoms with Gasteiger partial charge in [-0.25, -0.2) is 0 Å². The van der Waals surface area contributed by atoms with Crippen LogP contribution in [0.15, 0.2) is 66.9 Å². The van der Waals surface area contributed by atoms with E-state index in [2.05, 4.69) is 16.0 Å². The monoisotopic (exact) mass is 801 g/mol. The molecule has 3 aromatic carbocycles. The molecule has 5 aliphatic rings. The number of allylic oxidation sites excluding steroid dienone is 1. The molecule has 0 spiro atoms. The molecule has 1 amide bonds. The molecule has 306 valence electrons. The average Bonchev–Trinajstić information content (AvgIpc) is 3.63. The molecule has 0 saturated carbocycles. The first-order chi connectivity index (χ1) is 28.0. The molecule has 3 fully saturated rings. The number of benzene rings is 3. The van der Waals surface area contributed by atoms with E-state index >= 15 is 0 Å². The van der Waals surface area contributed by atoms with Crippen LogP contribution in [0.2, 0.25) is 0 Å². The number of aliphatic hydroxyl groups is 5. The van der Waals surface area contributed by atoms with E-state index in [0.29, 0.717) is 17.5 Å². The molecular formula is C40H43N5O13. The van der Waals surface area contributed by atoms with E-state index in [0.717, 1.165) is 0 Å². The Balaban J connectivity index is 1.38. The number of carbonyl (C=O) groups excluding carboxylic acids is 4. The number of aldehydes is 1. The van der Waals surface area contributed by atoms with Gasteiger partial charge in [0.25, 0.3) is 0 Å². The van der Waals surface area contributed by atoms with Crippen LogP contribution in [-0.2, 0) is 19.1 Å². The average molecular weight is 802 g/mol. The van der Waals surface area contributed by atoms with Crippen LogP contribution in [0.5, 0.6) is 11.5 Å². The van der Waals surface area contributed by atoms with Crippen LogP contribution in [0.25, 0.3) is 0 Å². The fraction of sp³-hybridized carbons (Fsp3) is 0.400. The molecule has 0 radical (unpaired) electrons. The molecule has 0 aromatic heterocycles. The van der Waals surface area contributed by atoms with Crippen molar-refractivity contribution in [3.8, 4) is 11.5 Å². The van der Waals surface area contributed by atoms with Gasteiger partial charge in [0.1, 0.15) is 56.3 Å². The summed E-state index contributed by atoms with van der Waals surface area (Å²) in [6, 6.07) is 14.2. The maximum Gasteiger partial charge on any atom is 0.242 e. The highest BCUT2D eigenvalue weighted by atomic mass is 16.7. The normalized spacial score (nSPS) is 30.7. The fourth-order valence-corrected chi connectivity index (χ4v) is 8.27. The molecule has 1 aliphatic carbocycles. The summed E-state index contributed by atoms with van der Waals surface area (Å²) < 4.78 is 24.8. The molecule has 10 unspecified atom stereocenters. The second-order valence-electron chi connectivity index (χ2n) is 14.7. The summed E-state index contributed by atoms with van der Waals surface area (Å²) in [6.45, 7) is -1.36. The largest absolute Gasteiger partial charge is 0.499 e. The Morgan fingerprint density at radius 1 is 1.03 bits per heavy atom. The molecule has 58 heavy (non-hydrogen) atoms. The molecule has 2 bridgehead atoms. The molecule has 3 aromatic rings. The van der Waals surface area contributed by atoms with Crippen molar-refractivity contribution in [3.63, 3.8) is 0 Å². The minimum absolute atomic E-state index is 0.0627. The van der Waals surface area contributed by atoms with Crippen LogP contribution in [-0.4, -0.2) is 131 Å². The highest BCUT2D eigenvalue weighted by Crippen LogP contribution is 2.50. The van der Waals surface area contributed by atoms with Crippen molar-refractivity contribution in [2.75, 3.05) is 31.4 Å². The Morgan fingerprint density at radius 3 is 2.53 bits per heavy atom. The molecule has 10 atom stereocenters. The number of rotatable bonds is 9. The molecule has 18 heteroatoms. The van der Waals surface area contributed by atoms with Crippen molar-refractivity contribution in [2.24, 2.45) is 5.73 Å². The van der Waals surface area contributed by atoms with Crippen LogP contribution < -0.4 is 36.1 Å². The topological polar surface area (TPSA) is 272 Å². The molecule has 4 aliphatic heterocycles. The lowest BCUT2D eigenvalue weighted by Gasteiger charge is -2.47. The van der Waals surface area contributed by atoms with Crippen LogP contribution in [0.4, 0.5) is 5.69 Å². The van der Waals surface area contributed by atoms with Crippen molar-refractivity contribution < 1.29 is 63.7 Å². The predicted octanol–water partition coefficient (Wildman–Crippen LogP) is -1.57. The Bertz CT molecular complexity index is 2150. The first-order valence-electron chi connectivity index (χ1n) is 18.8. The fourth-order valence-electron chi connectivity index (χ4n) is 8.27. The van der Waals surface area contributed by atoms with Gasteiger partial charge in [-0.15, -0.1) is 0 Å². The minimum atomic E-state index is -2.46. The molecular weight excluding hydrogens is 758 g/mol. The first kappa shape index (κ1) is 39.5. The number of para-hydroxylation sites is 1. The van der Waals surface area contributed by atoms with Gasteiger partial charge in [-0.05, 0) is 23.8 Å². The molecule has 10 N–H and O–H groups in total. The number of ether oxygens (including phenoxy) is 4. The SMILES string of the molecule is NC1NC(=O)C2NCN(c3ccccc3C3C=COCC4OC(Oc5c3cc3c(c5OCC(O)CC=O)C(=O)c5ccccc5C3=O)C(O)(CCO)C(O)C4O)C2N1. The Morgan fingerprint density at radius 2 is 1.78 bits per heavy atom. The number of carbonyl (C=O) groups is 4. The lowest BCUT2D eigenvalue weighted by Crippen LogP contribution is -2.70. The van der Waals surface area contributed by atoms with Gasteiger partial charge in [0.15, 0.2) is 28.7 Å². The van der Waals surface area contributed by atoms with Gasteiger partial charge in [0.05, 0.1) is 24.6 Å². The van der Waals surface area contributed by atoms with E-state index in [1.807, 2.05) is 11.0 Å². The number of aliphatic hydroxyl groups excluding tert-OH is 4. The van der Waals surface area contributed by atoms with E-state index in [-0.39, 0.29) is 64.9 Å². The highest BCUT2D eigenvalue weighted by molar-refractivity contribution is 6.29. The zero-order chi connectivity index (χ0) is 40.9. The number of hydrogen-bond acceptors (Lipinski definition) is 17. The van der Waals surface area contributed by atoms with Gasteiger partial charge < -0.3 is 59.5 Å². The van der Waals surface area contributed by atoms with Crippen molar-refractivity contribution in [1.29, 1.82) is 0 Å². The summed E-state index contributed by atoms with van der Waals surface area (Å²) in [5, 5.41) is 64.2. The van der Waals surface area contributed by atoms with E-state index in [4.69, 9.17) is 24.7 Å². The Kier molecular flexibility index (Phi) is 10.8. The summed E-state index contributed by atoms with van der Waals surface area (Å²) in [7, 11) is 0. The predicted molar refractivity (Wildman–Crippen MR) is 201 cm³/mol. The maximum atomic E-state index is 14.5. The van der Waals surface area contributed by atoms with E-state index < -0.39 is 91.9 Å². The summed E-state index contributed by atoms with van der Waals surface area (Å²) in [4.78, 5) is 55.1. The number of anilines is 1. The van der Waals surface area contributed by atoms with Gasteiger partial charge >= 0.3 is 0 Å². The summed E-state index contributed by atoms with van der Waals surface area (Å²) in [5.41, 5.74) is 4.86. The molecule has 3 saturated heterocycles. The van der Waals surface area contributed by atoms with E-state index in [1.54, 1.807) is 36.4 Å². The van der Waals surface area contributed by atoms with Crippen molar-refractivity contribution >= 4 is 29.4 Å². The summed E-state index contributed by atoms with van der Waals surface area (Å²) >= 11 is 0. The first-order valence-corrected chi connectivity index (χ1v) is 18.8. The van der Waals surface area contributed by atoms with Gasteiger partial charge in [0.2, 0.25) is 12.2 Å². The number of hydrogen-bond donors (Lipinski definition) is 9. The molecule has 4 heterocycles. The molecule has 18 nitrogen and oxygen atoms in total. The smallest absolute Gasteiger partial charge is 0.242 e. The number of fused-ring (bicyclic) bond motifs is 6. The number of nitrogens with one attached hydrogen (secondary N) is 3. The van der Waals surface area contributed by atoms with Crippen LogP contribution >= 0.6 is 0 Å². The lowest BCUT2D eigenvalue weighted by molar-refractivity contribution is -0.323. The minimum Gasteiger partial charge on any atom is -0.499 e. The second kappa shape index (κ2) is 15.8. The number of ketones is 2. The third kappa shape index (κ3) is 6.71. The highest BCUT2D eigenvalue weighted by Gasteiger charge is 2.57.